The number of urea groups is 1. The number of carbonyl (C=O) groups excluding carboxylic acids is 1. The summed E-state index contributed by atoms with van der Waals surface area (Å²) in [5.41, 5.74) is 0. The first-order valence-corrected chi connectivity index (χ1v) is 8.62. The van der Waals surface area contributed by atoms with Crippen molar-refractivity contribution in [3.8, 4) is 12.0 Å². The first-order chi connectivity index (χ1) is 10.7. The van der Waals surface area contributed by atoms with E-state index >= 15 is 0 Å². The van der Waals surface area contributed by atoms with Gasteiger partial charge < -0.3 is 9.47 Å². The third-order valence-corrected chi connectivity index (χ3v) is 5.52. The van der Waals surface area contributed by atoms with E-state index in [0.717, 1.165) is 0 Å². The van der Waals surface area contributed by atoms with E-state index in [0.29, 0.717) is 0 Å². The SMILES string of the molecule is COc1nc(NC(=O)NS(=O)(=O)C(C)C(Cl)CCl)nc(OC)n1. The van der Waals surface area contributed by atoms with Gasteiger partial charge in [0.2, 0.25) is 16.0 Å². The van der Waals surface area contributed by atoms with Gasteiger partial charge in [0.05, 0.1) is 24.8 Å². The number of anilines is 1. The van der Waals surface area contributed by atoms with E-state index in [1.807, 2.05) is 0 Å². The molecule has 0 aliphatic rings. The van der Waals surface area contributed by atoms with Crippen molar-refractivity contribution in [1.82, 2.24) is 19.7 Å². The third kappa shape index (κ3) is 5.52. The van der Waals surface area contributed by atoms with E-state index in [9.17, 15) is 13.2 Å². The van der Waals surface area contributed by atoms with Crippen molar-refractivity contribution in [2.45, 2.75) is 17.6 Å². The third-order valence-electron chi connectivity index (χ3n) is 2.57. The molecule has 0 aromatic carbocycles. The molecule has 10 nitrogen and oxygen atoms in total. The van der Waals surface area contributed by atoms with Crippen LogP contribution in [-0.2, 0) is 10.0 Å². The summed E-state index contributed by atoms with van der Waals surface area (Å²) in [4.78, 5) is 23.0. The molecule has 0 bridgehead atoms. The predicted molar refractivity (Wildman–Crippen MR) is 83.8 cm³/mol. The lowest BCUT2D eigenvalue weighted by Gasteiger charge is -2.17. The molecule has 1 aromatic heterocycles. The Kier molecular flexibility index (Phi) is 7.03. The molecule has 0 spiro atoms. The van der Waals surface area contributed by atoms with Crippen LogP contribution < -0.4 is 19.5 Å². The Hall–Kier alpha value is -1.59. The largest absolute Gasteiger partial charge is 0.467 e. The van der Waals surface area contributed by atoms with Crippen molar-refractivity contribution in [3.63, 3.8) is 0 Å². The van der Waals surface area contributed by atoms with E-state index in [1.54, 1.807) is 4.72 Å². The fourth-order valence-electron chi connectivity index (χ4n) is 1.25. The maximum Gasteiger partial charge on any atom is 0.335 e. The summed E-state index contributed by atoms with van der Waals surface area (Å²) in [5, 5.41) is 0.182. The number of aromatic nitrogens is 3. The highest BCUT2D eigenvalue weighted by Gasteiger charge is 2.29. The predicted octanol–water partition coefficient (Wildman–Crippen LogP) is 0.575. The average molecular weight is 388 g/mol. The zero-order chi connectivity index (χ0) is 17.6. The number of halogens is 2. The molecule has 1 heterocycles. The lowest BCUT2D eigenvalue weighted by Crippen LogP contribution is -2.43. The minimum atomic E-state index is -4.03. The molecule has 130 valence electrons. The van der Waals surface area contributed by atoms with Crippen LogP contribution in [0.5, 0.6) is 12.0 Å². The summed E-state index contributed by atoms with van der Waals surface area (Å²) in [5.74, 6) is -0.346. The van der Waals surface area contributed by atoms with E-state index in [2.05, 4.69) is 20.3 Å². The molecule has 0 saturated heterocycles. The molecule has 0 saturated carbocycles. The molecular formula is C10H15Cl2N5O5S. The summed E-state index contributed by atoms with van der Waals surface area (Å²) in [6.45, 7) is 1.32. The van der Waals surface area contributed by atoms with Crippen LogP contribution >= 0.6 is 23.2 Å². The Morgan fingerprint density at radius 2 is 1.74 bits per heavy atom. The molecule has 23 heavy (non-hydrogen) atoms. The Bertz CT molecular complexity index is 637. The van der Waals surface area contributed by atoms with Gasteiger partial charge in [0.1, 0.15) is 0 Å². The van der Waals surface area contributed by atoms with Gasteiger partial charge in [-0.05, 0) is 6.92 Å². The maximum absolute atomic E-state index is 12.0. The van der Waals surface area contributed by atoms with E-state index < -0.39 is 26.7 Å². The van der Waals surface area contributed by atoms with Gasteiger partial charge in [0.15, 0.2) is 0 Å². The summed E-state index contributed by atoms with van der Waals surface area (Å²) >= 11 is 11.3. The summed E-state index contributed by atoms with van der Waals surface area (Å²) in [6, 6.07) is -1.32. The van der Waals surface area contributed by atoms with Gasteiger partial charge in [0, 0.05) is 5.88 Å². The monoisotopic (exact) mass is 387 g/mol. The minimum Gasteiger partial charge on any atom is -0.467 e. The Labute approximate surface area is 143 Å². The number of rotatable bonds is 7. The highest BCUT2D eigenvalue weighted by molar-refractivity contribution is 7.90. The second-order valence-electron chi connectivity index (χ2n) is 4.11. The molecule has 0 radical (unpaired) electrons. The van der Waals surface area contributed by atoms with Crippen molar-refractivity contribution in [3.05, 3.63) is 0 Å². The molecule has 1 aromatic rings. The van der Waals surface area contributed by atoms with Gasteiger partial charge >= 0.3 is 18.1 Å². The average Bonchev–Trinajstić information content (AvgIpc) is 2.51. The molecule has 0 aliphatic heterocycles. The molecule has 13 heteroatoms. The maximum atomic E-state index is 12.0. The van der Waals surface area contributed by atoms with Gasteiger partial charge in [0.25, 0.3) is 0 Å². The first kappa shape index (κ1) is 19.5. The summed E-state index contributed by atoms with van der Waals surface area (Å²) < 4.78 is 35.3. The standard InChI is InChI=1S/C10H15Cl2N5O5S/c1-5(6(12)4-11)23(19,20)17-8(18)13-7-14-9(21-2)16-10(15-7)22-3/h5-6H,4H2,1-3H3,(H2,13,14,15,16,17,18). The molecule has 2 amide bonds. The number of hydrogen-bond acceptors (Lipinski definition) is 8. The Morgan fingerprint density at radius 3 is 2.17 bits per heavy atom. The highest BCUT2D eigenvalue weighted by atomic mass is 35.5. The number of nitrogens with one attached hydrogen (secondary N) is 2. The number of alkyl halides is 2. The summed E-state index contributed by atoms with van der Waals surface area (Å²) in [7, 11) is -1.43. The number of methoxy groups -OCH3 is 2. The van der Waals surface area contributed by atoms with Gasteiger partial charge in [-0.15, -0.1) is 28.2 Å². The number of carbonyl (C=O) groups is 1. The quantitative estimate of drug-likeness (QED) is 0.648. The molecular weight excluding hydrogens is 373 g/mol. The van der Waals surface area contributed by atoms with Gasteiger partial charge in [-0.25, -0.2) is 17.9 Å². The molecule has 2 N–H and O–H groups in total. The van der Waals surface area contributed by atoms with E-state index in [1.165, 1.54) is 21.1 Å². The minimum absolute atomic E-state index is 0.0902. The summed E-state index contributed by atoms with van der Waals surface area (Å²) in [6.07, 6.45) is 0. The van der Waals surface area contributed by atoms with Gasteiger partial charge in [-0.2, -0.15) is 9.97 Å². The molecule has 2 atom stereocenters. The van der Waals surface area contributed by atoms with Crippen LogP contribution in [0.2, 0.25) is 0 Å². The smallest absolute Gasteiger partial charge is 0.335 e. The second kappa shape index (κ2) is 8.31. The van der Waals surface area contributed by atoms with Crippen molar-refractivity contribution < 1.29 is 22.7 Å². The normalized spacial score (nSPS) is 13.8. The molecule has 1 rings (SSSR count). The Balaban J connectivity index is 2.84. The zero-order valence-electron chi connectivity index (χ0n) is 12.4. The van der Waals surface area contributed by atoms with Gasteiger partial charge in [-0.1, -0.05) is 0 Å². The lowest BCUT2D eigenvalue weighted by molar-refractivity contribution is 0.256. The van der Waals surface area contributed by atoms with Crippen LogP contribution in [0.1, 0.15) is 6.92 Å². The second-order valence-corrected chi connectivity index (χ2v) is 7.02. The van der Waals surface area contributed by atoms with Crippen LogP contribution in [0, 0.1) is 0 Å². The van der Waals surface area contributed by atoms with Crippen molar-refractivity contribution in [2.24, 2.45) is 0 Å². The van der Waals surface area contributed by atoms with Crippen LogP contribution in [0.4, 0.5) is 10.7 Å². The van der Waals surface area contributed by atoms with Crippen LogP contribution in [-0.4, -0.2) is 60.1 Å². The van der Waals surface area contributed by atoms with Crippen molar-refractivity contribution in [2.75, 3.05) is 25.4 Å². The number of ether oxygens (including phenoxy) is 2. The molecule has 2 unspecified atom stereocenters. The lowest BCUT2D eigenvalue weighted by atomic mass is 10.4. The topological polar surface area (TPSA) is 132 Å². The van der Waals surface area contributed by atoms with Crippen LogP contribution in [0.3, 0.4) is 0 Å². The van der Waals surface area contributed by atoms with Crippen molar-refractivity contribution in [1.29, 1.82) is 0 Å². The van der Waals surface area contributed by atoms with E-state index in [4.69, 9.17) is 32.7 Å². The van der Waals surface area contributed by atoms with Crippen LogP contribution in [0.25, 0.3) is 0 Å². The number of sulfonamides is 1. The van der Waals surface area contributed by atoms with Gasteiger partial charge in [-0.3, -0.25) is 5.32 Å². The fraction of sp³-hybridized carbons (Fsp3) is 0.600. The fourth-order valence-corrected chi connectivity index (χ4v) is 3.01. The van der Waals surface area contributed by atoms with E-state index in [-0.39, 0.29) is 23.8 Å². The number of hydrogen-bond donors (Lipinski definition) is 2. The first-order valence-electron chi connectivity index (χ1n) is 6.10. The Morgan fingerprint density at radius 1 is 1.22 bits per heavy atom. The number of amides is 2. The molecule has 0 fully saturated rings. The molecule has 0 aliphatic carbocycles. The highest BCUT2D eigenvalue weighted by Crippen LogP contribution is 2.14. The zero-order valence-corrected chi connectivity index (χ0v) is 14.7. The van der Waals surface area contributed by atoms with Crippen LogP contribution in [0.15, 0.2) is 0 Å². The van der Waals surface area contributed by atoms with Crippen molar-refractivity contribution >= 4 is 45.2 Å². The number of nitrogens with zero attached hydrogens (tertiary/aromatic N) is 3.